The van der Waals surface area contributed by atoms with Gasteiger partial charge in [-0.05, 0) is 39.3 Å². The van der Waals surface area contributed by atoms with Crippen molar-refractivity contribution in [3.8, 4) is 0 Å². The number of nitro benzene ring substituents is 1. The van der Waals surface area contributed by atoms with Gasteiger partial charge >= 0.3 is 0 Å². The number of nitrogens with one attached hydrogen (secondary N) is 1. The van der Waals surface area contributed by atoms with Crippen LogP contribution in [0.4, 0.5) is 11.4 Å². The van der Waals surface area contributed by atoms with Gasteiger partial charge in [-0.15, -0.1) is 0 Å². The smallest absolute Gasteiger partial charge is 0.272 e. The van der Waals surface area contributed by atoms with Gasteiger partial charge in [0.15, 0.2) is 0 Å². The molecule has 18 heavy (non-hydrogen) atoms. The third-order valence-electron chi connectivity index (χ3n) is 2.53. The van der Waals surface area contributed by atoms with Crippen LogP contribution in [0.1, 0.15) is 25.0 Å². The van der Waals surface area contributed by atoms with E-state index in [-0.39, 0.29) is 11.6 Å². The van der Waals surface area contributed by atoms with Crippen molar-refractivity contribution < 1.29 is 9.72 Å². The number of nitro groups is 1. The lowest BCUT2D eigenvalue weighted by molar-refractivity contribution is -0.385. The topological polar surface area (TPSA) is 72.2 Å². The van der Waals surface area contributed by atoms with E-state index in [1.54, 1.807) is 33.8 Å². The number of halogens is 1. The zero-order chi connectivity index (χ0) is 14.1. The van der Waals surface area contributed by atoms with E-state index in [0.29, 0.717) is 16.8 Å². The molecule has 0 aliphatic rings. The number of aryl methyl sites for hydroxylation is 2. The Morgan fingerprint density at radius 2 is 1.89 bits per heavy atom. The van der Waals surface area contributed by atoms with E-state index in [2.05, 4.69) is 21.2 Å². The van der Waals surface area contributed by atoms with E-state index in [1.807, 2.05) is 0 Å². The van der Waals surface area contributed by atoms with Crippen LogP contribution in [-0.2, 0) is 4.79 Å². The number of alkyl halides is 1. The second kappa shape index (κ2) is 5.06. The van der Waals surface area contributed by atoms with Gasteiger partial charge in [-0.3, -0.25) is 14.9 Å². The average Bonchev–Trinajstić information content (AvgIpc) is 2.21. The molecule has 6 heteroatoms. The summed E-state index contributed by atoms with van der Waals surface area (Å²) < 4.78 is -0.685. The maximum Gasteiger partial charge on any atom is 0.272 e. The highest BCUT2D eigenvalue weighted by Crippen LogP contribution is 2.27. The third-order valence-corrected chi connectivity index (χ3v) is 2.89. The monoisotopic (exact) mass is 314 g/mol. The summed E-state index contributed by atoms with van der Waals surface area (Å²) in [7, 11) is 0. The van der Waals surface area contributed by atoms with Gasteiger partial charge in [0, 0.05) is 17.3 Å². The maximum absolute atomic E-state index is 11.8. The highest BCUT2D eigenvalue weighted by molar-refractivity contribution is 9.10. The molecule has 1 aromatic rings. The zero-order valence-electron chi connectivity index (χ0n) is 10.7. The average molecular weight is 315 g/mol. The summed E-state index contributed by atoms with van der Waals surface area (Å²) in [5.74, 6) is -0.196. The molecule has 1 amide bonds. The number of hydrogen-bond acceptors (Lipinski definition) is 3. The molecule has 0 fully saturated rings. The van der Waals surface area contributed by atoms with Crippen LogP contribution in [0.15, 0.2) is 12.1 Å². The summed E-state index contributed by atoms with van der Waals surface area (Å²) in [6, 6.07) is 3.08. The number of anilines is 1. The largest absolute Gasteiger partial charge is 0.325 e. The van der Waals surface area contributed by atoms with Gasteiger partial charge in [0.2, 0.25) is 5.91 Å². The maximum atomic E-state index is 11.8. The van der Waals surface area contributed by atoms with E-state index >= 15 is 0 Å². The molecule has 0 bridgehead atoms. The summed E-state index contributed by atoms with van der Waals surface area (Å²) in [6.45, 7) is 6.83. The molecule has 0 radical (unpaired) electrons. The molecular weight excluding hydrogens is 300 g/mol. The Balaban J connectivity index is 3.10. The molecule has 0 saturated heterocycles. The summed E-state index contributed by atoms with van der Waals surface area (Å²) in [6.07, 6.45) is 0. The van der Waals surface area contributed by atoms with Crippen molar-refractivity contribution >= 4 is 33.2 Å². The summed E-state index contributed by atoms with van der Waals surface area (Å²) >= 11 is 3.26. The first-order chi connectivity index (χ1) is 8.12. The second-order valence-electron chi connectivity index (χ2n) is 4.64. The first-order valence-electron chi connectivity index (χ1n) is 5.39. The Morgan fingerprint density at radius 3 is 2.33 bits per heavy atom. The first kappa shape index (κ1) is 14.6. The van der Waals surface area contributed by atoms with Crippen molar-refractivity contribution in [1.82, 2.24) is 0 Å². The molecule has 1 rings (SSSR count). The van der Waals surface area contributed by atoms with E-state index < -0.39 is 9.25 Å². The van der Waals surface area contributed by atoms with Crippen molar-refractivity contribution in [3.05, 3.63) is 33.4 Å². The highest BCUT2D eigenvalue weighted by Gasteiger charge is 2.24. The molecule has 0 saturated carbocycles. The lowest BCUT2D eigenvalue weighted by atomic mass is 10.1. The molecule has 0 unspecified atom stereocenters. The summed E-state index contributed by atoms with van der Waals surface area (Å²) in [5, 5.41) is 13.5. The van der Waals surface area contributed by atoms with Crippen LogP contribution in [0.3, 0.4) is 0 Å². The zero-order valence-corrected chi connectivity index (χ0v) is 12.3. The van der Waals surface area contributed by atoms with Crippen LogP contribution in [0.25, 0.3) is 0 Å². The van der Waals surface area contributed by atoms with Crippen LogP contribution in [0.2, 0.25) is 0 Å². The predicted octanol–water partition coefficient (Wildman–Crippen LogP) is 3.32. The van der Waals surface area contributed by atoms with E-state index in [4.69, 9.17) is 0 Å². The minimum Gasteiger partial charge on any atom is -0.325 e. The van der Waals surface area contributed by atoms with E-state index in [9.17, 15) is 14.9 Å². The Labute approximate surface area is 114 Å². The van der Waals surface area contributed by atoms with Crippen LogP contribution in [0, 0.1) is 24.0 Å². The third kappa shape index (κ3) is 3.29. The highest BCUT2D eigenvalue weighted by atomic mass is 79.9. The SMILES string of the molecule is Cc1cc([N+](=O)[O-])c(C)cc1NC(=O)C(C)(C)Br. The van der Waals surface area contributed by atoms with Gasteiger partial charge in [0.25, 0.3) is 5.69 Å². The van der Waals surface area contributed by atoms with Crippen LogP contribution >= 0.6 is 15.9 Å². The molecule has 5 nitrogen and oxygen atoms in total. The number of hydrogen-bond donors (Lipinski definition) is 1. The van der Waals surface area contributed by atoms with Gasteiger partial charge in [-0.1, -0.05) is 15.9 Å². The van der Waals surface area contributed by atoms with Crippen molar-refractivity contribution in [2.24, 2.45) is 0 Å². The molecule has 98 valence electrons. The number of rotatable bonds is 3. The Kier molecular flexibility index (Phi) is 4.11. The lowest BCUT2D eigenvalue weighted by Gasteiger charge is -2.17. The number of nitrogens with zero attached hydrogens (tertiary/aromatic N) is 1. The van der Waals surface area contributed by atoms with Gasteiger partial charge < -0.3 is 5.32 Å². The van der Waals surface area contributed by atoms with Crippen LogP contribution in [0.5, 0.6) is 0 Å². The van der Waals surface area contributed by atoms with Gasteiger partial charge in [-0.25, -0.2) is 0 Å². The fourth-order valence-electron chi connectivity index (χ4n) is 1.40. The quantitative estimate of drug-likeness (QED) is 0.528. The Morgan fingerprint density at radius 1 is 1.33 bits per heavy atom. The molecule has 1 N–H and O–H groups in total. The van der Waals surface area contributed by atoms with Gasteiger partial charge in [0.05, 0.1) is 9.25 Å². The summed E-state index contributed by atoms with van der Waals surface area (Å²) in [4.78, 5) is 22.2. The molecule has 0 heterocycles. The number of benzene rings is 1. The molecule has 0 aliphatic heterocycles. The lowest BCUT2D eigenvalue weighted by Crippen LogP contribution is -2.31. The summed E-state index contributed by atoms with van der Waals surface area (Å²) in [5.41, 5.74) is 1.84. The number of amides is 1. The fourth-order valence-corrected chi connectivity index (χ4v) is 1.50. The molecule has 1 aromatic carbocycles. The fraction of sp³-hybridized carbons (Fsp3) is 0.417. The van der Waals surface area contributed by atoms with Crippen molar-refractivity contribution in [2.45, 2.75) is 32.0 Å². The molecule has 0 atom stereocenters. The minimum atomic E-state index is -0.685. The van der Waals surface area contributed by atoms with E-state index in [0.717, 1.165) is 0 Å². The van der Waals surface area contributed by atoms with Gasteiger partial charge in [0.1, 0.15) is 0 Å². The second-order valence-corrected chi connectivity index (χ2v) is 6.62. The first-order valence-corrected chi connectivity index (χ1v) is 6.18. The van der Waals surface area contributed by atoms with Crippen LogP contribution < -0.4 is 5.32 Å². The molecule has 0 aliphatic carbocycles. The normalized spacial score (nSPS) is 11.2. The van der Waals surface area contributed by atoms with Crippen molar-refractivity contribution in [3.63, 3.8) is 0 Å². The minimum absolute atomic E-state index is 0.0589. The van der Waals surface area contributed by atoms with Crippen LogP contribution in [-0.4, -0.2) is 15.2 Å². The predicted molar refractivity (Wildman–Crippen MR) is 74.2 cm³/mol. The number of carbonyl (C=O) groups excluding carboxylic acids is 1. The Bertz CT molecular complexity index is 507. The van der Waals surface area contributed by atoms with E-state index in [1.165, 1.54) is 6.07 Å². The van der Waals surface area contributed by atoms with Gasteiger partial charge in [-0.2, -0.15) is 0 Å². The van der Waals surface area contributed by atoms with Crippen molar-refractivity contribution in [1.29, 1.82) is 0 Å². The molecule has 0 spiro atoms. The number of carbonyl (C=O) groups is 1. The van der Waals surface area contributed by atoms with Crippen molar-refractivity contribution in [2.75, 3.05) is 5.32 Å². The standard InChI is InChI=1S/C12H15BrN2O3/c1-7-6-10(15(17)18)8(2)5-9(7)14-11(16)12(3,4)13/h5-6H,1-4H3,(H,14,16). The molecule has 0 aromatic heterocycles. The molecular formula is C12H15BrN2O3. The Hall–Kier alpha value is -1.43.